The first-order chi connectivity index (χ1) is 7.59. The molecule has 1 heterocycles. The maximum Gasteiger partial charge on any atom is 0.162 e. The fourth-order valence-corrected chi connectivity index (χ4v) is 1.54. The second-order valence-corrected chi connectivity index (χ2v) is 3.92. The Bertz CT molecular complexity index is 493. The Morgan fingerprint density at radius 1 is 1.31 bits per heavy atom. The van der Waals surface area contributed by atoms with E-state index in [1.54, 1.807) is 6.07 Å². The van der Waals surface area contributed by atoms with Gasteiger partial charge in [-0.1, -0.05) is 0 Å². The molecule has 0 unspecified atom stereocenters. The van der Waals surface area contributed by atoms with Crippen LogP contribution in [0.25, 0.3) is 11.0 Å². The molecule has 0 saturated heterocycles. The van der Waals surface area contributed by atoms with Crippen LogP contribution >= 0.6 is 0 Å². The molecule has 0 atom stereocenters. The number of anilines is 2. The molecule has 2 N–H and O–H groups in total. The van der Waals surface area contributed by atoms with Gasteiger partial charge < -0.3 is 5.32 Å². The maximum atomic E-state index is 9.42. The van der Waals surface area contributed by atoms with Crippen molar-refractivity contribution in [3.63, 3.8) is 0 Å². The van der Waals surface area contributed by atoms with Crippen LogP contribution in [0.1, 0.15) is 13.8 Å². The zero-order valence-corrected chi connectivity index (χ0v) is 9.43. The van der Waals surface area contributed by atoms with Crippen molar-refractivity contribution in [2.75, 3.05) is 17.4 Å². The van der Waals surface area contributed by atoms with Gasteiger partial charge in [-0.05, 0) is 36.3 Å². The molecule has 0 spiro atoms. The minimum atomic E-state index is 0.289. The van der Waals surface area contributed by atoms with Gasteiger partial charge in [0.2, 0.25) is 0 Å². The van der Waals surface area contributed by atoms with Crippen LogP contribution in [0.3, 0.4) is 0 Å². The van der Waals surface area contributed by atoms with Crippen molar-refractivity contribution in [2.45, 2.75) is 19.9 Å². The average Bonchev–Trinajstić information content (AvgIpc) is 2.65. The first-order valence-electron chi connectivity index (χ1n) is 5.04. The van der Waals surface area contributed by atoms with Gasteiger partial charge in [0.1, 0.15) is 0 Å². The Balaban J connectivity index is 2.55. The van der Waals surface area contributed by atoms with Crippen LogP contribution in [0.15, 0.2) is 16.8 Å². The van der Waals surface area contributed by atoms with Gasteiger partial charge >= 0.3 is 0 Å². The molecule has 6 nitrogen and oxygen atoms in total. The molecule has 0 aliphatic heterocycles. The van der Waals surface area contributed by atoms with Crippen molar-refractivity contribution in [1.82, 2.24) is 10.3 Å². The number of aromatic nitrogens is 2. The van der Waals surface area contributed by atoms with Crippen LogP contribution < -0.4 is 10.4 Å². The number of fused-ring (bicyclic) bond motifs is 1. The van der Waals surface area contributed by atoms with Gasteiger partial charge in [0.05, 0.1) is 11.4 Å². The van der Waals surface area contributed by atoms with Crippen LogP contribution in [-0.4, -0.2) is 28.6 Å². The van der Waals surface area contributed by atoms with E-state index in [2.05, 4.69) is 15.6 Å². The van der Waals surface area contributed by atoms with Gasteiger partial charge in [0.15, 0.2) is 11.0 Å². The molecule has 0 aliphatic carbocycles. The maximum absolute atomic E-state index is 9.42. The average molecular weight is 222 g/mol. The van der Waals surface area contributed by atoms with Crippen LogP contribution in [0.4, 0.5) is 11.4 Å². The van der Waals surface area contributed by atoms with Crippen LogP contribution in [-0.2, 0) is 0 Å². The molecule has 1 aromatic carbocycles. The molecule has 86 valence electrons. The van der Waals surface area contributed by atoms with E-state index in [9.17, 15) is 5.21 Å². The van der Waals surface area contributed by atoms with Crippen LogP contribution in [0.5, 0.6) is 0 Å². The molecule has 0 radical (unpaired) electrons. The second-order valence-electron chi connectivity index (χ2n) is 3.92. The molecular formula is C10H14N4O2. The largest absolute Gasteiger partial charge is 0.381 e. The van der Waals surface area contributed by atoms with Crippen LogP contribution in [0.2, 0.25) is 0 Å². The number of hydrogen-bond donors (Lipinski definition) is 2. The lowest BCUT2D eigenvalue weighted by molar-refractivity contribution is 0.279. The first kappa shape index (κ1) is 10.7. The van der Waals surface area contributed by atoms with Gasteiger partial charge in [-0.3, -0.25) is 10.3 Å². The second kappa shape index (κ2) is 3.97. The third kappa shape index (κ3) is 1.79. The highest BCUT2D eigenvalue weighted by Crippen LogP contribution is 2.28. The van der Waals surface area contributed by atoms with E-state index in [1.165, 1.54) is 7.05 Å². The molecule has 0 aliphatic rings. The van der Waals surface area contributed by atoms with Crippen LogP contribution in [0, 0.1) is 0 Å². The normalized spacial score (nSPS) is 11.1. The summed E-state index contributed by atoms with van der Waals surface area (Å²) in [5.74, 6) is 0. The zero-order chi connectivity index (χ0) is 11.7. The van der Waals surface area contributed by atoms with E-state index < -0.39 is 0 Å². The highest BCUT2D eigenvalue weighted by molar-refractivity contribution is 5.95. The monoisotopic (exact) mass is 222 g/mol. The molecule has 0 amide bonds. The Morgan fingerprint density at radius 3 is 2.62 bits per heavy atom. The van der Waals surface area contributed by atoms with E-state index in [0.717, 1.165) is 10.8 Å². The highest BCUT2D eigenvalue weighted by atomic mass is 16.6. The Hall–Kier alpha value is -1.82. The predicted molar refractivity (Wildman–Crippen MR) is 60.8 cm³/mol. The van der Waals surface area contributed by atoms with Gasteiger partial charge in [0.25, 0.3) is 0 Å². The summed E-state index contributed by atoms with van der Waals surface area (Å²) < 4.78 is 4.70. The molecule has 2 aromatic rings. The summed E-state index contributed by atoms with van der Waals surface area (Å²) in [5, 5.41) is 21.3. The van der Waals surface area contributed by atoms with Gasteiger partial charge in [-0.15, -0.1) is 0 Å². The fraction of sp³-hybridized carbons (Fsp3) is 0.400. The molecular weight excluding hydrogens is 208 g/mol. The third-order valence-corrected chi connectivity index (χ3v) is 2.19. The third-order valence-electron chi connectivity index (χ3n) is 2.19. The molecule has 0 saturated carbocycles. The number of benzene rings is 1. The summed E-state index contributed by atoms with van der Waals surface area (Å²) >= 11 is 0. The van der Waals surface area contributed by atoms with Crippen molar-refractivity contribution >= 4 is 22.4 Å². The standard InChI is InChI=1S/C10H14N4O2/c1-6(2)11-7-4-5-8(14(3)15)10-9(7)12-16-13-10/h4-6,11,15H,1-3H3. The first-order valence-corrected chi connectivity index (χ1v) is 5.04. The van der Waals surface area contributed by atoms with E-state index in [0.29, 0.717) is 16.7 Å². The molecule has 6 heteroatoms. The van der Waals surface area contributed by atoms with Crippen molar-refractivity contribution in [3.8, 4) is 0 Å². The summed E-state index contributed by atoms with van der Waals surface area (Å²) in [6.45, 7) is 4.07. The van der Waals surface area contributed by atoms with E-state index >= 15 is 0 Å². The van der Waals surface area contributed by atoms with E-state index in [4.69, 9.17) is 4.63 Å². The summed E-state index contributed by atoms with van der Waals surface area (Å²) in [4.78, 5) is 0. The lowest BCUT2D eigenvalue weighted by Gasteiger charge is -2.13. The Kier molecular flexibility index (Phi) is 2.66. The molecule has 1 aromatic heterocycles. The topological polar surface area (TPSA) is 74.4 Å². The minimum Gasteiger partial charge on any atom is -0.381 e. The lowest BCUT2D eigenvalue weighted by Crippen LogP contribution is -2.12. The number of rotatable bonds is 3. The molecule has 0 fully saturated rings. The minimum absolute atomic E-state index is 0.289. The Labute approximate surface area is 92.8 Å². The van der Waals surface area contributed by atoms with Crippen molar-refractivity contribution in [1.29, 1.82) is 0 Å². The van der Waals surface area contributed by atoms with Crippen molar-refractivity contribution in [2.24, 2.45) is 0 Å². The van der Waals surface area contributed by atoms with Gasteiger partial charge in [-0.2, -0.15) is 0 Å². The predicted octanol–water partition coefficient (Wildman–Crippen LogP) is 1.87. The molecule has 16 heavy (non-hydrogen) atoms. The number of nitrogens with one attached hydrogen (secondary N) is 1. The van der Waals surface area contributed by atoms with Gasteiger partial charge in [0, 0.05) is 13.1 Å². The van der Waals surface area contributed by atoms with Crippen molar-refractivity contribution < 1.29 is 9.84 Å². The van der Waals surface area contributed by atoms with Gasteiger partial charge in [-0.25, -0.2) is 4.63 Å². The summed E-state index contributed by atoms with van der Waals surface area (Å²) in [5.41, 5.74) is 2.56. The molecule has 0 bridgehead atoms. The smallest absolute Gasteiger partial charge is 0.162 e. The number of nitrogens with zero attached hydrogens (tertiary/aromatic N) is 3. The van der Waals surface area contributed by atoms with E-state index in [1.807, 2.05) is 19.9 Å². The zero-order valence-electron chi connectivity index (χ0n) is 9.43. The molecule has 2 rings (SSSR count). The summed E-state index contributed by atoms with van der Waals surface area (Å²) in [6.07, 6.45) is 0. The lowest BCUT2D eigenvalue weighted by atomic mass is 10.2. The summed E-state index contributed by atoms with van der Waals surface area (Å²) in [7, 11) is 1.53. The fourth-order valence-electron chi connectivity index (χ4n) is 1.54. The SMILES string of the molecule is CC(C)Nc1ccc(N(C)O)c2nonc12. The quantitative estimate of drug-likeness (QED) is 0.772. The summed E-state index contributed by atoms with van der Waals surface area (Å²) in [6, 6.07) is 3.89. The highest BCUT2D eigenvalue weighted by Gasteiger charge is 2.13. The number of hydrogen-bond acceptors (Lipinski definition) is 6. The van der Waals surface area contributed by atoms with Crippen molar-refractivity contribution in [3.05, 3.63) is 12.1 Å². The van der Waals surface area contributed by atoms with E-state index in [-0.39, 0.29) is 6.04 Å². The number of hydroxylamine groups is 1. The Morgan fingerprint density at radius 2 is 2.00 bits per heavy atom.